The number of nitrogens with zero attached hydrogens (tertiary/aromatic N) is 6. The van der Waals surface area contributed by atoms with E-state index in [9.17, 15) is 25.4 Å². The zero-order valence-electron chi connectivity index (χ0n) is 40.2. The number of methoxy groups -OCH3 is 1. The van der Waals surface area contributed by atoms with Gasteiger partial charge in [0.15, 0.2) is 25.0 Å². The van der Waals surface area contributed by atoms with E-state index < -0.39 is 110 Å². The van der Waals surface area contributed by atoms with Gasteiger partial charge in [-0.15, -0.1) is 0 Å². The van der Waals surface area contributed by atoms with Crippen LogP contribution in [0.4, 0.5) is 0 Å². The van der Waals surface area contributed by atoms with Gasteiger partial charge in [0.2, 0.25) is 0 Å². The average molecular weight is 1010 g/mol. The summed E-state index contributed by atoms with van der Waals surface area (Å²) in [6, 6.07) is 34.4. The number of carbonyl (C=O) groups is 3. The molecule has 8 rings (SSSR count). The fraction of sp³-hybridized carbons (Fsp3) is 0.471. The minimum atomic E-state index is -1.72. The number of benzene rings is 4. The summed E-state index contributed by atoms with van der Waals surface area (Å²) in [5, 5.41) is 8.05. The smallest absolute Gasteiger partial charge is 0.337 e. The van der Waals surface area contributed by atoms with Gasteiger partial charge in [0.25, 0.3) is 0 Å². The molecule has 0 radical (unpaired) electrons. The standard InChI is InChI=1S/C51H56N6O16/c1-30(58)62-28-36-40(63-24-32-16-8-4-9-17-32)42(64-25-33-18-10-5-11-19-33)38(54-56-52)50(70-36)72-45-44(65-26-34-20-12-6-13-21-34)47(66-27-35-22-14-7-15-23-35)51(73-46(45)48(60)61-3)71-41-37-29-67-49(69-37)39(55-57-53)43(41)68-31(2)59/h4-23,36-47,49-51H,24-29H2,1-3H3. The lowest BCUT2D eigenvalue weighted by Crippen LogP contribution is -2.67. The van der Waals surface area contributed by atoms with Gasteiger partial charge >= 0.3 is 17.9 Å². The molecular weight excluding hydrogens is 953 g/mol. The van der Waals surface area contributed by atoms with Crippen molar-refractivity contribution >= 4 is 17.9 Å². The summed E-state index contributed by atoms with van der Waals surface area (Å²) in [5.74, 6) is -2.27. The summed E-state index contributed by atoms with van der Waals surface area (Å²) < 4.78 is 82.3. The molecule has 0 spiro atoms. The average Bonchev–Trinajstić information content (AvgIpc) is 3.85. The topological polar surface area (TPSA) is 269 Å². The molecule has 0 aliphatic carbocycles. The van der Waals surface area contributed by atoms with Crippen LogP contribution in [0.3, 0.4) is 0 Å². The van der Waals surface area contributed by atoms with E-state index in [4.69, 9.17) is 61.6 Å². The maximum atomic E-state index is 14.3. The van der Waals surface area contributed by atoms with Crippen LogP contribution >= 0.6 is 0 Å². The highest BCUT2D eigenvalue weighted by Gasteiger charge is 2.59. The molecule has 4 fully saturated rings. The Kier molecular flexibility index (Phi) is 18.8. The van der Waals surface area contributed by atoms with E-state index in [2.05, 4.69) is 20.1 Å². The van der Waals surface area contributed by atoms with Gasteiger partial charge in [0.1, 0.15) is 73.6 Å². The largest absolute Gasteiger partial charge is 0.467 e. The molecular formula is C51H56N6O16. The molecule has 15 atom stereocenters. The summed E-state index contributed by atoms with van der Waals surface area (Å²) >= 11 is 0. The first-order chi connectivity index (χ1) is 35.6. The van der Waals surface area contributed by atoms with Crippen molar-refractivity contribution < 1.29 is 76.0 Å². The molecule has 386 valence electrons. The molecule has 4 aromatic carbocycles. The third-order valence-corrected chi connectivity index (χ3v) is 12.4. The lowest BCUT2D eigenvalue weighted by atomic mass is 9.94. The van der Waals surface area contributed by atoms with Gasteiger partial charge in [-0.3, -0.25) is 9.59 Å². The summed E-state index contributed by atoms with van der Waals surface area (Å²) in [4.78, 5) is 45.5. The number of azide groups is 2. The van der Waals surface area contributed by atoms with Crippen LogP contribution in [0.5, 0.6) is 0 Å². The summed E-state index contributed by atoms with van der Waals surface area (Å²) in [6.45, 7) is 1.98. The normalized spacial score (nSPS) is 30.5. The highest BCUT2D eigenvalue weighted by molar-refractivity contribution is 5.75. The highest BCUT2D eigenvalue weighted by atomic mass is 16.8. The summed E-state index contributed by atoms with van der Waals surface area (Å²) in [7, 11) is 1.15. The van der Waals surface area contributed by atoms with Crippen LogP contribution in [0.15, 0.2) is 132 Å². The molecule has 15 unspecified atom stereocenters. The SMILES string of the molecule is COC(=O)C1OC(OC2C3COC(O3)C(N=[N+]=[N-])C2OC(C)=O)C(OCc2ccccc2)C(OCc2ccccc2)C1OC1OC(COC(C)=O)C(OCc2ccccc2)C(OCc2ccccc2)C1N=[N+]=[N-]. The van der Waals surface area contributed by atoms with Crippen molar-refractivity contribution in [3.05, 3.63) is 164 Å². The molecule has 73 heavy (non-hydrogen) atoms. The monoisotopic (exact) mass is 1010 g/mol. The Morgan fingerprint density at radius 2 is 1.05 bits per heavy atom. The van der Waals surface area contributed by atoms with Gasteiger partial charge in [0.05, 0.1) is 40.1 Å². The fourth-order valence-corrected chi connectivity index (χ4v) is 9.06. The lowest BCUT2D eigenvalue weighted by Gasteiger charge is -2.50. The van der Waals surface area contributed by atoms with Gasteiger partial charge in [-0.2, -0.15) is 0 Å². The Morgan fingerprint density at radius 1 is 0.562 bits per heavy atom. The van der Waals surface area contributed by atoms with Crippen LogP contribution in [-0.2, 0) is 102 Å². The first-order valence-corrected chi connectivity index (χ1v) is 23.6. The minimum absolute atomic E-state index is 0.0161. The van der Waals surface area contributed by atoms with Gasteiger partial charge < -0.3 is 61.6 Å². The second kappa shape index (κ2) is 25.9. The van der Waals surface area contributed by atoms with Crippen molar-refractivity contribution in [1.82, 2.24) is 0 Å². The molecule has 4 aliphatic rings. The molecule has 4 aromatic rings. The van der Waals surface area contributed by atoms with Crippen molar-refractivity contribution in [3.63, 3.8) is 0 Å². The minimum Gasteiger partial charge on any atom is -0.467 e. The first kappa shape index (κ1) is 52.8. The van der Waals surface area contributed by atoms with Crippen LogP contribution in [0.25, 0.3) is 20.9 Å². The van der Waals surface area contributed by atoms with Crippen LogP contribution in [0, 0.1) is 0 Å². The van der Waals surface area contributed by atoms with Gasteiger partial charge in [0, 0.05) is 23.7 Å². The van der Waals surface area contributed by atoms with E-state index >= 15 is 0 Å². The van der Waals surface area contributed by atoms with Gasteiger partial charge in [-0.05, 0) is 33.3 Å². The Morgan fingerprint density at radius 3 is 1.56 bits per heavy atom. The zero-order valence-corrected chi connectivity index (χ0v) is 40.2. The van der Waals surface area contributed by atoms with E-state index in [0.717, 1.165) is 29.4 Å². The van der Waals surface area contributed by atoms with E-state index in [1.54, 1.807) is 0 Å². The summed E-state index contributed by atoms with van der Waals surface area (Å²) in [5.41, 5.74) is 22.9. The second-order valence-corrected chi connectivity index (χ2v) is 17.4. The molecule has 0 amide bonds. The predicted octanol–water partition coefficient (Wildman–Crippen LogP) is 6.33. The van der Waals surface area contributed by atoms with E-state index in [1.165, 1.54) is 13.8 Å². The Bertz CT molecular complexity index is 2510. The number of fused-ring (bicyclic) bond motifs is 2. The quantitative estimate of drug-likeness (QED) is 0.0274. The third kappa shape index (κ3) is 13.6. The fourth-order valence-electron chi connectivity index (χ4n) is 9.06. The first-order valence-electron chi connectivity index (χ1n) is 23.6. The molecule has 4 heterocycles. The number of hydrogen-bond acceptors (Lipinski definition) is 18. The van der Waals surface area contributed by atoms with Gasteiger partial charge in [-0.1, -0.05) is 132 Å². The maximum absolute atomic E-state index is 14.3. The number of ether oxygens (including phenoxy) is 13. The van der Waals surface area contributed by atoms with Crippen molar-refractivity contribution in [1.29, 1.82) is 0 Å². The number of hydrogen-bond donors (Lipinski definition) is 0. The second-order valence-electron chi connectivity index (χ2n) is 17.4. The van der Waals surface area contributed by atoms with Crippen LogP contribution in [-0.4, -0.2) is 130 Å². The van der Waals surface area contributed by atoms with Gasteiger partial charge in [-0.25, -0.2) is 4.79 Å². The molecule has 22 heteroatoms. The Hall–Kier alpha value is -6.49. The van der Waals surface area contributed by atoms with Crippen LogP contribution in [0.2, 0.25) is 0 Å². The Labute approximate surface area is 420 Å². The molecule has 2 bridgehead atoms. The van der Waals surface area contributed by atoms with Crippen LogP contribution in [0.1, 0.15) is 36.1 Å². The maximum Gasteiger partial charge on any atom is 0.337 e. The third-order valence-electron chi connectivity index (χ3n) is 12.4. The van der Waals surface area contributed by atoms with Crippen molar-refractivity contribution in [2.24, 2.45) is 10.2 Å². The molecule has 4 saturated heterocycles. The number of carbonyl (C=O) groups excluding carboxylic acids is 3. The lowest BCUT2D eigenvalue weighted by molar-refractivity contribution is -0.366. The highest BCUT2D eigenvalue weighted by Crippen LogP contribution is 2.40. The van der Waals surface area contributed by atoms with Crippen LogP contribution < -0.4 is 0 Å². The molecule has 0 aromatic heterocycles. The number of esters is 3. The zero-order chi connectivity index (χ0) is 51.1. The van der Waals surface area contributed by atoms with E-state index in [0.29, 0.717) is 0 Å². The van der Waals surface area contributed by atoms with E-state index in [1.807, 2.05) is 121 Å². The number of rotatable bonds is 22. The summed E-state index contributed by atoms with van der Waals surface area (Å²) in [6.07, 6.45) is -16.8. The van der Waals surface area contributed by atoms with Crippen molar-refractivity contribution in [2.75, 3.05) is 20.3 Å². The Balaban J connectivity index is 1.21. The molecule has 22 nitrogen and oxygen atoms in total. The van der Waals surface area contributed by atoms with E-state index in [-0.39, 0.29) is 39.6 Å². The van der Waals surface area contributed by atoms with Crippen molar-refractivity contribution in [2.45, 2.75) is 132 Å². The van der Waals surface area contributed by atoms with Crippen molar-refractivity contribution in [3.8, 4) is 0 Å². The molecule has 0 N–H and O–H groups in total. The molecule has 0 saturated carbocycles. The predicted molar refractivity (Wildman–Crippen MR) is 252 cm³/mol. The molecule has 4 aliphatic heterocycles.